The van der Waals surface area contributed by atoms with Crippen molar-refractivity contribution in [2.45, 2.75) is 43.9 Å². The van der Waals surface area contributed by atoms with E-state index < -0.39 is 26.8 Å². The quantitative estimate of drug-likeness (QED) is 0.312. The summed E-state index contributed by atoms with van der Waals surface area (Å²) in [5.41, 5.74) is 0.117. The first kappa shape index (κ1) is 26.6. The molecule has 1 atom stereocenters. The number of rotatable bonds is 8. The zero-order chi connectivity index (χ0) is 25.8. The minimum atomic E-state index is -4.68. The van der Waals surface area contributed by atoms with Crippen molar-refractivity contribution in [1.29, 1.82) is 0 Å². The summed E-state index contributed by atoms with van der Waals surface area (Å²) in [4.78, 5) is 14.2. The van der Waals surface area contributed by atoms with Crippen LogP contribution in [0.1, 0.15) is 41.8 Å². The summed E-state index contributed by atoms with van der Waals surface area (Å²) in [6.45, 7) is 4.15. The van der Waals surface area contributed by atoms with Crippen molar-refractivity contribution in [3.8, 4) is 5.75 Å². The molecular formula is C25H23ClF3NO4S. The summed E-state index contributed by atoms with van der Waals surface area (Å²) in [6.07, 6.45) is -3.96. The largest absolute Gasteiger partial charge is 0.416 e. The van der Waals surface area contributed by atoms with Gasteiger partial charge in [-0.05, 0) is 73.5 Å². The molecule has 186 valence electrons. The molecule has 0 aliphatic heterocycles. The van der Waals surface area contributed by atoms with Crippen LogP contribution in [-0.4, -0.2) is 25.3 Å². The molecule has 0 bridgehead atoms. The first-order valence-electron chi connectivity index (χ1n) is 10.7. The molecule has 0 fully saturated rings. The van der Waals surface area contributed by atoms with Gasteiger partial charge in [0.2, 0.25) is 0 Å². The summed E-state index contributed by atoms with van der Waals surface area (Å²) in [7, 11) is -4.48. The first-order chi connectivity index (χ1) is 16.4. The minimum absolute atomic E-state index is 0.0646. The van der Waals surface area contributed by atoms with E-state index in [9.17, 15) is 26.4 Å². The van der Waals surface area contributed by atoms with E-state index in [4.69, 9.17) is 15.8 Å². The van der Waals surface area contributed by atoms with Crippen LogP contribution in [0.3, 0.4) is 0 Å². The van der Waals surface area contributed by atoms with Crippen molar-refractivity contribution in [3.63, 3.8) is 0 Å². The van der Waals surface area contributed by atoms with Gasteiger partial charge in [0.1, 0.15) is 10.6 Å². The van der Waals surface area contributed by atoms with E-state index in [1.54, 1.807) is 41.3 Å². The van der Waals surface area contributed by atoms with Crippen molar-refractivity contribution in [2.75, 3.05) is 0 Å². The normalized spacial score (nSPS) is 12.7. The molecule has 0 spiro atoms. The Morgan fingerprint density at radius 1 is 1.03 bits per heavy atom. The molecule has 0 radical (unpaired) electrons. The number of hydrogen-bond acceptors (Lipinski definition) is 4. The highest BCUT2D eigenvalue weighted by Gasteiger charge is 2.32. The van der Waals surface area contributed by atoms with Gasteiger partial charge in [-0.1, -0.05) is 36.7 Å². The van der Waals surface area contributed by atoms with Crippen molar-refractivity contribution in [1.82, 2.24) is 4.90 Å². The smallest absolute Gasteiger partial charge is 0.379 e. The number of alkyl halides is 3. The standard InChI is InChI=1S/C25H23ClF3NO4S/c1-3-17(2)30(24(31)19-9-11-21(26)12-10-19)16-18-7-13-22(14-8-18)34-35(32,33)23-6-4-5-20(15-23)25(27,28)29/h4-15,17H,3,16H2,1-2H3. The predicted molar refractivity (Wildman–Crippen MR) is 127 cm³/mol. The number of carbonyl (C=O) groups is 1. The summed E-state index contributed by atoms with van der Waals surface area (Å²) >= 11 is 5.91. The van der Waals surface area contributed by atoms with Crippen LogP contribution >= 0.6 is 11.6 Å². The molecule has 0 saturated heterocycles. The Labute approximate surface area is 207 Å². The second kappa shape index (κ2) is 10.7. The van der Waals surface area contributed by atoms with Crippen LogP contribution in [0.25, 0.3) is 0 Å². The van der Waals surface area contributed by atoms with Crippen LogP contribution in [0.5, 0.6) is 5.75 Å². The molecule has 0 aromatic heterocycles. The van der Waals surface area contributed by atoms with E-state index in [1.807, 2.05) is 13.8 Å². The zero-order valence-electron chi connectivity index (χ0n) is 18.9. The first-order valence-corrected chi connectivity index (χ1v) is 12.5. The van der Waals surface area contributed by atoms with Gasteiger partial charge < -0.3 is 9.08 Å². The Balaban J connectivity index is 1.77. The van der Waals surface area contributed by atoms with E-state index >= 15 is 0 Å². The lowest BCUT2D eigenvalue weighted by molar-refractivity contribution is -0.137. The van der Waals surface area contributed by atoms with Gasteiger partial charge in [-0.2, -0.15) is 21.6 Å². The summed E-state index contributed by atoms with van der Waals surface area (Å²) in [6, 6.07) is 15.8. The number of hydrogen-bond donors (Lipinski definition) is 0. The van der Waals surface area contributed by atoms with Crippen LogP contribution in [0.4, 0.5) is 13.2 Å². The Hall–Kier alpha value is -3.04. The Morgan fingerprint density at radius 2 is 1.66 bits per heavy atom. The molecule has 0 aliphatic rings. The third-order valence-electron chi connectivity index (χ3n) is 5.41. The lowest BCUT2D eigenvalue weighted by Gasteiger charge is -2.29. The van der Waals surface area contributed by atoms with Gasteiger partial charge in [-0.3, -0.25) is 4.79 Å². The molecule has 0 aliphatic carbocycles. The zero-order valence-corrected chi connectivity index (χ0v) is 20.5. The fourth-order valence-electron chi connectivity index (χ4n) is 3.26. The summed E-state index contributed by atoms with van der Waals surface area (Å²) < 4.78 is 68.8. The molecule has 3 aromatic rings. The van der Waals surface area contributed by atoms with Crippen LogP contribution in [-0.2, 0) is 22.8 Å². The third kappa shape index (κ3) is 6.76. The highest BCUT2D eigenvalue weighted by Crippen LogP contribution is 2.31. The maximum absolute atomic E-state index is 13.1. The molecular weight excluding hydrogens is 503 g/mol. The van der Waals surface area contributed by atoms with Gasteiger partial charge in [0.15, 0.2) is 0 Å². The molecule has 10 heteroatoms. The number of amides is 1. The number of nitrogens with zero attached hydrogens (tertiary/aromatic N) is 1. The lowest BCUT2D eigenvalue weighted by atomic mass is 10.1. The van der Waals surface area contributed by atoms with Crippen LogP contribution in [0, 0.1) is 0 Å². The molecule has 0 N–H and O–H groups in total. The number of halogens is 4. The van der Waals surface area contributed by atoms with Crippen molar-refractivity contribution >= 4 is 27.6 Å². The highest BCUT2D eigenvalue weighted by molar-refractivity contribution is 7.87. The van der Waals surface area contributed by atoms with E-state index in [1.165, 1.54) is 12.1 Å². The van der Waals surface area contributed by atoms with Crippen molar-refractivity contribution in [2.24, 2.45) is 0 Å². The molecule has 0 heterocycles. The maximum atomic E-state index is 13.1. The molecule has 1 unspecified atom stereocenters. The van der Waals surface area contributed by atoms with Crippen LogP contribution in [0.2, 0.25) is 5.02 Å². The molecule has 35 heavy (non-hydrogen) atoms. The van der Waals surface area contributed by atoms with Crippen molar-refractivity contribution < 1.29 is 30.6 Å². The van der Waals surface area contributed by atoms with Gasteiger partial charge in [-0.15, -0.1) is 0 Å². The van der Waals surface area contributed by atoms with E-state index in [0.717, 1.165) is 30.2 Å². The van der Waals surface area contributed by atoms with Gasteiger partial charge in [-0.25, -0.2) is 0 Å². The Kier molecular flexibility index (Phi) is 8.12. The lowest BCUT2D eigenvalue weighted by Crippen LogP contribution is -2.37. The number of benzene rings is 3. The monoisotopic (exact) mass is 525 g/mol. The fourth-order valence-corrected chi connectivity index (χ4v) is 4.36. The average molecular weight is 526 g/mol. The van der Waals surface area contributed by atoms with Gasteiger partial charge in [0.05, 0.1) is 5.56 Å². The summed E-state index contributed by atoms with van der Waals surface area (Å²) in [5, 5.41) is 0.521. The minimum Gasteiger partial charge on any atom is -0.379 e. The molecule has 1 amide bonds. The second-order valence-electron chi connectivity index (χ2n) is 7.90. The summed E-state index contributed by atoms with van der Waals surface area (Å²) in [5.74, 6) is -0.242. The molecule has 3 rings (SSSR count). The topological polar surface area (TPSA) is 63.7 Å². The SMILES string of the molecule is CCC(C)N(Cc1ccc(OS(=O)(=O)c2cccc(C(F)(F)F)c2)cc1)C(=O)c1ccc(Cl)cc1. The van der Waals surface area contributed by atoms with E-state index in [0.29, 0.717) is 16.7 Å². The van der Waals surface area contributed by atoms with Gasteiger partial charge in [0, 0.05) is 23.2 Å². The second-order valence-corrected chi connectivity index (χ2v) is 9.89. The van der Waals surface area contributed by atoms with Crippen LogP contribution in [0.15, 0.2) is 77.7 Å². The van der Waals surface area contributed by atoms with E-state index in [-0.39, 0.29) is 24.2 Å². The third-order valence-corrected chi connectivity index (χ3v) is 6.90. The van der Waals surface area contributed by atoms with Gasteiger partial charge >= 0.3 is 16.3 Å². The molecule has 0 saturated carbocycles. The highest BCUT2D eigenvalue weighted by atomic mass is 35.5. The van der Waals surface area contributed by atoms with Gasteiger partial charge in [0.25, 0.3) is 5.91 Å². The fraction of sp³-hybridized carbons (Fsp3) is 0.240. The number of carbonyl (C=O) groups excluding carboxylic acids is 1. The molecule has 5 nitrogen and oxygen atoms in total. The van der Waals surface area contributed by atoms with E-state index in [2.05, 4.69) is 0 Å². The van der Waals surface area contributed by atoms with Crippen LogP contribution < -0.4 is 4.18 Å². The molecule has 3 aromatic carbocycles. The predicted octanol–water partition coefficient (Wildman–Crippen LogP) is 6.57. The Bertz CT molecular complexity index is 1280. The van der Waals surface area contributed by atoms with Crippen molar-refractivity contribution in [3.05, 3.63) is 94.5 Å². The average Bonchev–Trinajstić information content (AvgIpc) is 2.82. The Morgan fingerprint density at radius 3 is 2.23 bits per heavy atom. The maximum Gasteiger partial charge on any atom is 0.416 e.